The molecule has 0 aliphatic heterocycles. The molecule has 0 saturated carbocycles. The van der Waals surface area contributed by atoms with Gasteiger partial charge in [-0.2, -0.15) is 5.26 Å². The Balaban J connectivity index is 1.89. The predicted molar refractivity (Wildman–Crippen MR) is 109 cm³/mol. The number of hydrogen-bond acceptors (Lipinski definition) is 4. The van der Waals surface area contributed by atoms with Crippen LogP contribution in [0, 0.1) is 25.2 Å². The zero-order valence-corrected chi connectivity index (χ0v) is 16.2. The summed E-state index contributed by atoms with van der Waals surface area (Å²) in [4.78, 5) is 25.8. The van der Waals surface area contributed by atoms with Gasteiger partial charge in [-0.3, -0.25) is 9.59 Å². The number of ether oxygens (including phenoxy) is 1. The normalized spacial score (nSPS) is 10.4. The Kier molecular flexibility index (Phi) is 7.35. The highest BCUT2D eigenvalue weighted by molar-refractivity contribution is 5.98. The fraction of sp³-hybridized carbons (Fsp3) is 0.227. The van der Waals surface area contributed by atoms with E-state index in [1.54, 1.807) is 37.4 Å². The van der Waals surface area contributed by atoms with E-state index < -0.39 is 0 Å². The van der Waals surface area contributed by atoms with Crippen LogP contribution in [0.1, 0.15) is 16.7 Å². The minimum atomic E-state index is -0.277. The summed E-state index contributed by atoms with van der Waals surface area (Å²) in [5, 5.41) is 11.3. The third kappa shape index (κ3) is 5.99. The average molecular weight is 377 g/mol. The van der Waals surface area contributed by atoms with E-state index in [9.17, 15) is 9.59 Å². The number of aryl methyl sites for hydroxylation is 1. The van der Waals surface area contributed by atoms with Gasteiger partial charge in [-0.05, 0) is 54.8 Å². The van der Waals surface area contributed by atoms with E-state index in [-0.39, 0.29) is 25.0 Å². The van der Waals surface area contributed by atoms with Crippen molar-refractivity contribution < 1.29 is 14.3 Å². The van der Waals surface area contributed by atoms with Crippen LogP contribution >= 0.6 is 0 Å². The van der Waals surface area contributed by atoms with Crippen LogP contribution in [0.2, 0.25) is 0 Å². The van der Waals surface area contributed by atoms with Gasteiger partial charge in [-0.15, -0.1) is 0 Å². The van der Waals surface area contributed by atoms with Gasteiger partial charge >= 0.3 is 0 Å². The lowest BCUT2D eigenvalue weighted by atomic mass is 10.1. The maximum absolute atomic E-state index is 12.2. The van der Waals surface area contributed by atoms with E-state index in [1.165, 1.54) is 11.0 Å². The molecule has 0 heterocycles. The van der Waals surface area contributed by atoms with Crippen molar-refractivity contribution in [1.82, 2.24) is 4.90 Å². The Hall–Kier alpha value is -3.59. The zero-order valence-electron chi connectivity index (χ0n) is 16.2. The molecule has 2 aromatic rings. The summed E-state index contributed by atoms with van der Waals surface area (Å²) in [6.45, 7) is 3.87. The molecule has 6 nitrogen and oxygen atoms in total. The molecule has 0 spiro atoms. The lowest BCUT2D eigenvalue weighted by Crippen LogP contribution is -2.34. The second kappa shape index (κ2) is 9.93. The van der Waals surface area contributed by atoms with Crippen molar-refractivity contribution in [3.8, 4) is 11.8 Å². The summed E-state index contributed by atoms with van der Waals surface area (Å²) in [5.41, 5.74) is 3.66. The molecule has 28 heavy (non-hydrogen) atoms. The molecule has 2 aromatic carbocycles. The molecule has 0 radical (unpaired) electrons. The average Bonchev–Trinajstić information content (AvgIpc) is 2.68. The zero-order chi connectivity index (χ0) is 20.5. The maximum Gasteiger partial charge on any atom is 0.246 e. The first-order valence-corrected chi connectivity index (χ1v) is 8.79. The van der Waals surface area contributed by atoms with Crippen molar-refractivity contribution in [1.29, 1.82) is 5.26 Å². The topological polar surface area (TPSA) is 82.4 Å². The first-order chi connectivity index (χ1) is 13.4. The third-order valence-corrected chi connectivity index (χ3v) is 4.24. The van der Waals surface area contributed by atoms with Crippen molar-refractivity contribution in [3.63, 3.8) is 0 Å². The van der Waals surface area contributed by atoms with Crippen LogP contribution in [-0.2, 0) is 9.59 Å². The number of hydrogen-bond donors (Lipinski definition) is 1. The Morgan fingerprint density at radius 2 is 1.89 bits per heavy atom. The van der Waals surface area contributed by atoms with Crippen LogP contribution in [0.5, 0.6) is 5.75 Å². The lowest BCUT2D eigenvalue weighted by Gasteiger charge is -2.16. The standard InChI is InChI=1S/C22H23N3O3/c1-16-5-4-6-20(17(16)2)24-21(26)15-25(3)22(27)12-9-18-7-10-19(11-8-18)28-14-13-23/h4-12H,14-15H2,1-3H3,(H,24,26)/b12-9+. The van der Waals surface area contributed by atoms with Crippen LogP contribution < -0.4 is 10.1 Å². The molecule has 0 bridgehead atoms. The van der Waals surface area contributed by atoms with E-state index in [4.69, 9.17) is 10.00 Å². The van der Waals surface area contributed by atoms with Gasteiger partial charge in [-0.1, -0.05) is 24.3 Å². The maximum atomic E-state index is 12.2. The Morgan fingerprint density at radius 3 is 2.57 bits per heavy atom. The largest absolute Gasteiger partial charge is 0.479 e. The number of rotatable bonds is 7. The monoisotopic (exact) mass is 377 g/mol. The van der Waals surface area contributed by atoms with Crippen LogP contribution in [-0.4, -0.2) is 36.9 Å². The van der Waals surface area contributed by atoms with Crippen LogP contribution in [0.25, 0.3) is 6.08 Å². The molecule has 0 aliphatic rings. The number of nitrogens with zero attached hydrogens (tertiary/aromatic N) is 2. The van der Waals surface area contributed by atoms with Crippen molar-refractivity contribution in [2.24, 2.45) is 0 Å². The predicted octanol–water partition coefficient (Wildman–Crippen LogP) is 3.32. The van der Waals surface area contributed by atoms with Gasteiger partial charge in [-0.25, -0.2) is 0 Å². The van der Waals surface area contributed by atoms with Crippen LogP contribution in [0.4, 0.5) is 5.69 Å². The molecule has 0 fully saturated rings. The summed E-state index contributed by atoms with van der Waals surface area (Å²) in [7, 11) is 1.58. The molecule has 2 amide bonds. The van der Waals surface area contributed by atoms with Gasteiger partial charge in [0.25, 0.3) is 0 Å². The highest BCUT2D eigenvalue weighted by Crippen LogP contribution is 2.18. The van der Waals surface area contributed by atoms with E-state index >= 15 is 0 Å². The Bertz CT molecular complexity index is 912. The van der Waals surface area contributed by atoms with Crippen LogP contribution in [0.3, 0.4) is 0 Å². The minimum Gasteiger partial charge on any atom is -0.479 e. The summed E-state index contributed by atoms with van der Waals surface area (Å²) in [5.74, 6) is 0.0584. The quantitative estimate of drug-likeness (QED) is 0.751. The van der Waals surface area contributed by atoms with Gasteiger partial charge in [0, 0.05) is 18.8 Å². The molecular weight excluding hydrogens is 354 g/mol. The first kappa shape index (κ1) is 20.7. The molecular formula is C22H23N3O3. The number of nitrogens with one attached hydrogen (secondary N) is 1. The second-order valence-corrected chi connectivity index (χ2v) is 6.34. The highest BCUT2D eigenvalue weighted by Gasteiger charge is 2.12. The van der Waals surface area contributed by atoms with Gasteiger partial charge in [0.15, 0.2) is 6.61 Å². The summed E-state index contributed by atoms with van der Waals surface area (Å²) >= 11 is 0. The van der Waals surface area contributed by atoms with Gasteiger partial charge in [0.05, 0.1) is 6.54 Å². The van der Waals surface area contributed by atoms with Gasteiger partial charge < -0.3 is 15.0 Å². The van der Waals surface area contributed by atoms with Crippen molar-refractivity contribution in [3.05, 3.63) is 65.2 Å². The smallest absolute Gasteiger partial charge is 0.246 e. The second-order valence-electron chi connectivity index (χ2n) is 6.34. The van der Waals surface area contributed by atoms with E-state index in [2.05, 4.69) is 5.32 Å². The fourth-order valence-corrected chi connectivity index (χ4v) is 2.46. The molecule has 0 atom stereocenters. The molecule has 6 heteroatoms. The molecule has 0 aromatic heterocycles. The molecule has 0 aliphatic carbocycles. The summed E-state index contributed by atoms with van der Waals surface area (Å²) in [6.07, 6.45) is 3.08. The third-order valence-electron chi connectivity index (χ3n) is 4.24. The summed E-state index contributed by atoms with van der Waals surface area (Å²) < 4.78 is 5.18. The first-order valence-electron chi connectivity index (χ1n) is 8.79. The Labute approximate surface area is 165 Å². The van der Waals surface area contributed by atoms with E-state index in [1.807, 2.05) is 38.1 Å². The number of likely N-dealkylation sites (N-methyl/N-ethyl adjacent to an activating group) is 1. The van der Waals surface area contributed by atoms with E-state index in [0.29, 0.717) is 5.75 Å². The number of amides is 2. The molecule has 0 saturated heterocycles. The van der Waals surface area contributed by atoms with E-state index in [0.717, 1.165) is 22.4 Å². The molecule has 0 unspecified atom stereocenters. The SMILES string of the molecule is Cc1cccc(NC(=O)CN(C)C(=O)/C=C/c2ccc(OCC#N)cc2)c1C. The van der Waals surface area contributed by atoms with Crippen LogP contribution in [0.15, 0.2) is 48.5 Å². The number of nitriles is 1. The van der Waals surface area contributed by atoms with Crippen molar-refractivity contribution in [2.45, 2.75) is 13.8 Å². The number of benzene rings is 2. The van der Waals surface area contributed by atoms with Gasteiger partial charge in [0.2, 0.25) is 11.8 Å². The number of carbonyl (C=O) groups is 2. The van der Waals surface area contributed by atoms with Crippen molar-refractivity contribution in [2.75, 3.05) is 25.5 Å². The lowest BCUT2D eigenvalue weighted by molar-refractivity contribution is -0.129. The molecule has 144 valence electrons. The van der Waals surface area contributed by atoms with Gasteiger partial charge in [0.1, 0.15) is 11.8 Å². The molecule has 2 rings (SSSR count). The number of anilines is 1. The molecule has 1 N–H and O–H groups in total. The fourth-order valence-electron chi connectivity index (χ4n) is 2.46. The highest BCUT2D eigenvalue weighted by atomic mass is 16.5. The Morgan fingerprint density at radius 1 is 1.18 bits per heavy atom. The number of carbonyl (C=O) groups excluding carboxylic acids is 2. The summed E-state index contributed by atoms with van der Waals surface area (Å²) in [6, 6.07) is 14.6. The minimum absolute atomic E-state index is 0.0113. The van der Waals surface area contributed by atoms with Crippen molar-refractivity contribution >= 4 is 23.6 Å².